The number of benzene rings is 1. The van der Waals surface area contributed by atoms with Gasteiger partial charge in [-0.15, -0.1) is 0 Å². The molecule has 1 heterocycles. The molecule has 1 atom stereocenters. The molecule has 0 fully saturated rings. The molecule has 0 unspecified atom stereocenters. The van der Waals surface area contributed by atoms with Crippen LogP contribution >= 0.6 is 0 Å². The molecule has 1 aromatic carbocycles. The lowest BCUT2D eigenvalue weighted by molar-refractivity contribution is -0.121. The lowest BCUT2D eigenvalue weighted by atomic mass is 10.1. The van der Waals surface area contributed by atoms with Gasteiger partial charge in [0.1, 0.15) is 0 Å². The average molecular weight is 305 g/mol. The molecule has 1 N–H and O–H groups in total. The van der Waals surface area contributed by atoms with Gasteiger partial charge in [0.25, 0.3) is 0 Å². The highest BCUT2D eigenvalue weighted by atomic mass is 19.1. The molecule has 2 aromatic rings. The summed E-state index contributed by atoms with van der Waals surface area (Å²) in [5.41, 5.74) is 2.57. The number of hydrogen-bond donors (Lipinski definition) is 1. The van der Waals surface area contributed by atoms with Crippen LogP contribution in [-0.4, -0.2) is 22.8 Å². The smallest absolute Gasteiger partial charge is 0.224 e. The second-order valence-corrected chi connectivity index (χ2v) is 5.24. The number of rotatable bonds is 5. The van der Waals surface area contributed by atoms with Gasteiger partial charge in [-0.25, -0.2) is 4.39 Å². The molecule has 0 radical (unpaired) electrons. The Morgan fingerprint density at radius 3 is 2.77 bits per heavy atom. The quantitative estimate of drug-likeness (QED) is 0.922. The fourth-order valence-electron chi connectivity index (χ4n) is 2.32. The molecule has 22 heavy (non-hydrogen) atoms. The number of nitrogens with zero attached hydrogens (tertiary/aromatic N) is 2. The molecule has 2 rings (SSSR count). The van der Waals surface area contributed by atoms with Crippen molar-refractivity contribution in [2.75, 3.05) is 7.11 Å². The minimum absolute atomic E-state index is 0.116. The maximum Gasteiger partial charge on any atom is 0.224 e. The normalized spacial score (nSPS) is 12.0. The molecule has 0 saturated carbocycles. The van der Waals surface area contributed by atoms with Crippen LogP contribution in [0.2, 0.25) is 0 Å². The van der Waals surface area contributed by atoms with E-state index in [1.165, 1.54) is 19.2 Å². The van der Waals surface area contributed by atoms with Gasteiger partial charge in [-0.05, 0) is 31.5 Å². The number of methoxy groups -OCH3 is 1. The molecule has 1 amide bonds. The van der Waals surface area contributed by atoms with Gasteiger partial charge in [0.05, 0.1) is 25.8 Å². The first-order valence-corrected chi connectivity index (χ1v) is 7.02. The van der Waals surface area contributed by atoms with Crippen molar-refractivity contribution >= 4 is 5.91 Å². The summed E-state index contributed by atoms with van der Waals surface area (Å²) in [7, 11) is 3.26. The molecule has 0 aliphatic heterocycles. The number of carbonyl (C=O) groups excluding carboxylic acids is 1. The average Bonchev–Trinajstić information content (AvgIpc) is 2.79. The lowest BCUT2D eigenvalue weighted by Gasteiger charge is -2.14. The van der Waals surface area contributed by atoms with Gasteiger partial charge in [0.2, 0.25) is 5.91 Å². The highest BCUT2D eigenvalue weighted by Gasteiger charge is 2.15. The van der Waals surface area contributed by atoms with Crippen LogP contribution in [0.1, 0.15) is 29.8 Å². The van der Waals surface area contributed by atoms with E-state index in [4.69, 9.17) is 4.74 Å². The second-order valence-electron chi connectivity index (χ2n) is 5.24. The van der Waals surface area contributed by atoms with Crippen molar-refractivity contribution in [1.29, 1.82) is 0 Å². The van der Waals surface area contributed by atoms with Crippen molar-refractivity contribution < 1.29 is 13.9 Å². The highest BCUT2D eigenvalue weighted by Crippen LogP contribution is 2.19. The van der Waals surface area contributed by atoms with Crippen LogP contribution < -0.4 is 10.1 Å². The monoisotopic (exact) mass is 305 g/mol. The predicted molar refractivity (Wildman–Crippen MR) is 81.2 cm³/mol. The first-order valence-electron chi connectivity index (χ1n) is 7.02. The van der Waals surface area contributed by atoms with E-state index in [-0.39, 0.29) is 24.1 Å². The van der Waals surface area contributed by atoms with Crippen molar-refractivity contribution in [2.24, 2.45) is 7.05 Å². The molecule has 0 spiro atoms. The Balaban J connectivity index is 2.01. The van der Waals surface area contributed by atoms with Crippen molar-refractivity contribution in [3.63, 3.8) is 0 Å². The standard InChI is InChI=1S/C16H20FN3O2/c1-10(13-9-18-20(3)11(13)2)19-16(21)8-12-5-6-15(22-4)14(17)7-12/h5-7,9-10H,8H2,1-4H3,(H,19,21)/t10-/m1/s1. The number of amides is 1. The van der Waals surface area contributed by atoms with Crippen LogP contribution in [0, 0.1) is 12.7 Å². The number of aromatic nitrogens is 2. The number of hydrogen-bond acceptors (Lipinski definition) is 3. The maximum absolute atomic E-state index is 13.6. The zero-order valence-corrected chi connectivity index (χ0v) is 13.2. The molecule has 118 valence electrons. The largest absolute Gasteiger partial charge is 0.494 e. The van der Waals surface area contributed by atoms with Crippen LogP contribution in [0.15, 0.2) is 24.4 Å². The van der Waals surface area contributed by atoms with E-state index in [0.717, 1.165) is 11.3 Å². The van der Waals surface area contributed by atoms with E-state index in [1.807, 2.05) is 20.9 Å². The summed E-state index contributed by atoms with van der Waals surface area (Å²) in [6.07, 6.45) is 1.86. The van der Waals surface area contributed by atoms with E-state index in [9.17, 15) is 9.18 Å². The Bertz CT molecular complexity index is 682. The van der Waals surface area contributed by atoms with E-state index < -0.39 is 5.82 Å². The lowest BCUT2D eigenvalue weighted by Crippen LogP contribution is -2.28. The molecule has 5 nitrogen and oxygen atoms in total. The van der Waals surface area contributed by atoms with Gasteiger partial charge < -0.3 is 10.1 Å². The molecule has 0 saturated heterocycles. The fourth-order valence-corrected chi connectivity index (χ4v) is 2.32. The minimum atomic E-state index is -0.469. The molecule has 0 bridgehead atoms. The topological polar surface area (TPSA) is 56.1 Å². The van der Waals surface area contributed by atoms with Crippen LogP contribution in [-0.2, 0) is 18.3 Å². The summed E-state index contributed by atoms with van der Waals surface area (Å²) in [4.78, 5) is 12.1. The summed E-state index contributed by atoms with van der Waals surface area (Å²) in [5.74, 6) is -0.465. The third-order valence-electron chi connectivity index (χ3n) is 3.70. The third-order valence-corrected chi connectivity index (χ3v) is 3.70. The van der Waals surface area contributed by atoms with Gasteiger partial charge in [0, 0.05) is 18.3 Å². The number of aryl methyl sites for hydroxylation is 1. The molecule has 6 heteroatoms. The molecular formula is C16H20FN3O2. The Labute approximate surface area is 129 Å². The minimum Gasteiger partial charge on any atom is -0.494 e. The SMILES string of the molecule is COc1ccc(CC(=O)N[C@H](C)c2cnn(C)c2C)cc1F. The van der Waals surface area contributed by atoms with E-state index >= 15 is 0 Å². The molecule has 0 aliphatic rings. The van der Waals surface area contributed by atoms with Crippen LogP contribution in [0.25, 0.3) is 0 Å². The molecule has 0 aliphatic carbocycles. The van der Waals surface area contributed by atoms with E-state index in [0.29, 0.717) is 5.56 Å². The van der Waals surface area contributed by atoms with Gasteiger partial charge in [0.15, 0.2) is 11.6 Å². The first-order chi connectivity index (χ1) is 10.4. The summed E-state index contributed by atoms with van der Waals surface area (Å²) in [6, 6.07) is 4.37. The van der Waals surface area contributed by atoms with Crippen molar-refractivity contribution in [3.05, 3.63) is 47.0 Å². The van der Waals surface area contributed by atoms with Gasteiger partial charge in [-0.2, -0.15) is 5.10 Å². The second kappa shape index (κ2) is 6.60. The zero-order chi connectivity index (χ0) is 16.3. The Morgan fingerprint density at radius 2 is 2.23 bits per heavy atom. The fraction of sp³-hybridized carbons (Fsp3) is 0.375. The number of halogens is 1. The van der Waals surface area contributed by atoms with Crippen LogP contribution in [0.5, 0.6) is 5.75 Å². The van der Waals surface area contributed by atoms with Crippen LogP contribution in [0.4, 0.5) is 4.39 Å². The van der Waals surface area contributed by atoms with Gasteiger partial charge in [-0.1, -0.05) is 6.07 Å². The van der Waals surface area contributed by atoms with E-state index in [1.54, 1.807) is 16.9 Å². The van der Waals surface area contributed by atoms with Crippen molar-refractivity contribution in [2.45, 2.75) is 26.3 Å². The Hall–Kier alpha value is -2.37. The summed E-state index contributed by atoms with van der Waals surface area (Å²) < 4.78 is 20.2. The van der Waals surface area contributed by atoms with Crippen molar-refractivity contribution in [3.8, 4) is 5.75 Å². The summed E-state index contributed by atoms with van der Waals surface area (Å²) in [5, 5.41) is 7.06. The van der Waals surface area contributed by atoms with Gasteiger partial charge >= 0.3 is 0 Å². The zero-order valence-electron chi connectivity index (χ0n) is 13.2. The number of nitrogens with one attached hydrogen (secondary N) is 1. The van der Waals surface area contributed by atoms with Crippen molar-refractivity contribution in [1.82, 2.24) is 15.1 Å². The molecular weight excluding hydrogens is 285 g/mol. The number of ether oxygens (including phenoxy) is 1. The first kappa shape index (κ1) is 16.0. The molecule has 1 aromatic heterocycles. The Kier molecular flexibility index (Phi) is 4.80. The maximum atomic E-state index is 13.6. The predicted octanol–water partition coefficient (Wildman–Crippen LogP) is 2.30. The highest BCUT2D eigenvalue weighted by molar-refractivity contribution is 5.79. The van der Waals surface area contributed by atoms with E-state index in [2.05, 4.69) is 10.4 Å². The van der Waals surface area contributed by atoms with Crippen LogP contribution in [0.3, 0.4) is 0 Å². The summed E-state index contributed by atoms with van der Waals surface area (Å²) >= 11 is 0. The van der Waals surface area contributed by atoms with Gasteiger partial charge in [-0.3, -0.25) is 9.48 Å². The summed E-state index contributed by atoms with van der Waals surface area (Å²) in [6.45, 7) is 3.85. The Morgan fingerprint density at radius 1 is 1.50 bits per heavy atom. The number of carbonyl (C=O) groups is 1. The third kappa shape index (κ3) is 3.44.